The molecule has 0 amide bonds. The Morgan fingerprint density at radius 3 is 2.33 bits per heavy atom. The molecule has 1 atom stereocenters. The summed E-state index contributed by atoms with van der Waals surface area (Å²) in [4.78, 5) is 0. The summed E-state index contributed by atoms with van der Waals surface area (Å²) < 4.78 is 0. The quantitative estimate of drug-likeness (QED) is 0.794. The summed E-state index contributed by atoms with van der Waals surface area (Å²) >= 11 is 0. The highest BCUT2D eigenvalue weighted by molar-refractivity contribution is 5.71. The third-order valence-electron chi connectivity index (χ3n) is 3.03. The highest BCUT2D eigenvalue weighted by Gasteiger charge is 2.08. The van der Waals surface area contributed by atoms with Gasteiger partial charge in [0.2, 0.25) is 0 Å². The smallest absolute Gasteiger partial charge is 0.0770 e. The lowest BCUT2D eigenvalue weighted by molar-refractivity contribution is 0.198. The van der Waals surface area contributed by atoms with E-state index in [1.807, 2.05) is 50.2 Å². The highest BCUT2D eigenvalue weighted by atomic mass is 16.3. The Hall–Kier alpha value is -1.86. The molecule has 0 radical (unpaired) electrons. The van der Waals surface area contributed by atoms with Crippen LogP contribution >= 0.6 is 0 Å². The normalized spacial score (nSPS) is 12.8. The van der Waals surface area contributed by atoms with Gasteiger partial charge in [-0.15, -0.1) is 0 Å². The minimum absolute atomic E-state index is 0.443. The summed E-state index contributed by atoms with van der Waals surface area (Å²) in [5, 5.41) is 9.85. The van der Waals surface area contributed by atoms with Gasteiger partial charge >= 0.3 is 0 Å². The van der Waals surface area contributed by atoms with Gasteiger partial charge in [0.1, 0.15) is 0 Å². The van der Waals surface area contributed by atoms with Crippen molar-refractivity contribution in [1.82, 2.24) is 0 Å². The molecule has 1 N–H and O–H groups in total. The van der Waals surface area contributed by atoms with Crippen molar-refractivity contribution in [2.24, 2.45) is 0 Å². The van der Waals surface area contributed by atoms with Crippen molar-refractivity contribution >= 4 is 12.2 Å². The van der Waals surface area contributed by atoms with E-state index in [2.05, 4.69) is 24.3 Å². The van der Waals surface area contributed by atoms with Gasteiger partial charge in [0, 0.05) is 0 Å². The highest BCUT2D eigenvalue weighted by Crippen LogP contribution is 2.23. The van der Waals surface area contributed by atoms with Crippen LogP contribution in [0.2, 0.25) is 0 Å². The Labute approximate surface area is 108 Å². The predicted molar refractivity (Wildman–Crippen MR) is 77.2 cm³/mol. The van der Waals surface area contributed by atoms with Gasteiger partial charge in [0.15, 0.2) is 0 Å². The van der Waals surface area contributed by atoms with E-state index in [1.54, 1.807) is 0 Å². The van der Waals surface area contributed by atoms with E-state index in [9.17, 15) is 5.11 Å². The van der Waals surface area contributed by atoms with Crippen LogP contribution in [-0.4, -0.2) is 5.11 Å². The predicted octanol–water partition coefficient (Wildman–Crippen LogP) is 4.22. The standard InChI is InChI=1S/C17H18O/c1-13-7-6-10-16(17(13)14(2)18)12-11-15-8-4-3-5-9-15/h3-12,14,18H,1-2H3/b12-11+/t14-/m0/s1. The molecule has 0 unspecified atom stereocenters. The van der Waals surface area contributed by atoms with Gasteiger partial charge < -0.3 is 5.11 Å². The molecule has 2 aromatic rings. The van der Waals surface area contributed by atoms with E-state index in [0.29, 0.717) is 0 Å². The number of aliphatic hydroxyl groups is 1. The van der Waals surface area contributed by atoms with Crippen LogP contribution in [-0.2, 0) is 0 Å². The molecule has 0 spiro atoms. The molecule has 1 nitrogen and oxygen atoms in total. The molecule has 0 aliphatic rings. The van der Waals surface area contributed by atoms with Crippen LogP contribution < -0.4 is 0 Å². The maximum Gasteiger partial charge on any atom is 0.0770 e. The fraction of sp³-hybridized carbons (Fsp3) is 0.176. The summed E-state index contributed by atoms with van der Waals surface area (Å²) in [5.41, 5.74) is 4.37. The van der Waals surface area contributed by atoms with Gasteiger partial charge in [-0.1, -0.05) is 60.7 Å². The van der Waals surface area contributed by atoms with Crippen molar-refractivity contribution in [3.05, 3.63) is 70.8 Å². The molecule has 0 heterocycles. The van der Waals surface area contributed by atoms with Crippen molar-refractivity contribution in [1.29, 1.82) is 0 Å². The van der Waals surface area contributed by atoms with E-state index in [-0.39, 0.29) is 0 Å². The molecule has 2 aromatic carbocycles. The molecule has 0 aromatic heterocycles. The topological polar surface area (TPSA) is 20.2 Å². The average molecular weight is 238 g/mol. The molecule has 0 bridgehead atoms. The molecule has 0 fully saturated rings. The zero-order chi connectivity index (χ0) is 13.0. The molecule has 2 rings (SSSR count). The fourth-order valence-electron chi connectivity index (χ4n) is 2.17. The Kier molecular flexibility index (Phi) is 3.96. The molecule has 0 aliphatic heterocycles. The number of rotatable bonds is 3. The second-order valence-corrected chi connectivity index (χ2v) is 4.50. The lowest BCUT2D eigenvalue weighted by Crippen LogP contribution is -1.98. The summed E-state index contributed by atoms with van der Waals surface area (Å²) in [7, 11) is 0. The van der Waals surface area contributed by atoms with Crippen LogP contribution in [0.5, 0.6) is 0 Å². The van der Waals surface area contributed by atoms with E-state index in [4.69, 9.17) is 0 Å². The first kappa shape index (κ1) is 12.6. The fourth-order valence-corrected chi connectivity index (χ4v) is 2.17. The first-order chi connectivity index (χ1) is 8.68. The van der Waals surface area contributed by atoms with Crippen molar-refractivity contribution in [3.8, 4) is 0 Å². The second kappa shape index (κ2) is 5.65. The Morgan fingerprint density at radius 1 is 0.944 bits per heavy atom. The third kappa shape index (κ3) is 2.88. The van der Waals surface area contributed by atoms with Crippen LogP contribution in [0.4, 0.5) is 0 Å². The maximum absolute atomic E-state index is 9.85. The lowest BCUT2D eigenvalue weighted by atomic mass is 9.97. The lowest BCUT2D eigenvalue weighted by Gasteiger charge is -2.12. The minimum atomic E-state index is -0.443. The van der Waals surface area contributed by atoms with Crippen molar-refractivity contribution in [2.45, 2.75) is 20.0 Å². The SMILES string of the molecule is Cc1cccc(/C=C/c2ccccc2)c1[C@H](C)O. The molecule has 0 saturated heterocycles. The summed E-state index contributed by atoms with van der Waals surface area (Å²) in [5.74, 6) is 0. The zero-order valence-corrected chi connectivity index (χ0v) is 10.8. The molecule has 92 valence electrons. The second-order valence-electron chi connectivity index (χ2n) is 4.50. The van der Waals surface area contributed by atoms with Crippen molar-refractivity contribution in [2.75, 3.05) is 0 Å². The van der Waals surface area contributed by atoms with Crippen LogP contribution in [0.1, 0.15) is 35.3 Å². The molecule has 1 heteroatoms. The summed E-state index contributed by atoms with van der Waals surface area (Å²) in [6.07, 6.45) is 3.69. The van der Waals surface area contributed by atoms with Gasteiger partial charge in [-0.05, 0) is 36.1 Å². The van der Waals surface area contributed by atoms with Crippen LogP contribution in [0.3, 0.4) is 0 Å². The van der Waals surface area contributed by atoms with Crippen LogP contribution in [0.15, 0.2) is 48.5 Å². The molecule has 0 aliphatic carbocycles. The molecular formula is C17H18O. The number of hydrogen-bond donors (Lipinski definition) is 1. The van der Waals surface area contributed by atoms with Gasteiger partial charge in [-0.2, -0.15) is 0 Å². The number of aliphatic hydroxyl groups excluding tert-OH is 1. The summed E-state index contributed by atoms with van der Waals surface area (Å²) in [6.45, 7) is 3.84. The van der Waals surface area contributed by atoms with Gasteiger partial charge in [0.05, 0.1) is 6.10 Å². The van der Waals surface area contributed by atoms with Crippen LogP contribution in [0, 0.1) is 6.92 Å². The zero-order valence-electron chi connectivity index (χ0n) is 10.8. The Morgan fingerprint density at radius 2 is 1.67 bits per heavy atom. The Balaban J connectivity index is 2.35. The summed E-state index contributed by atoms with van der Waals surface area (Å²) in [6, 6.07) is 16.3. The first-order valence-electron chi connectivity index (χ1n) is 6.19. The molecule has 18 heavy (non-hydrogen) atoms. The van der Waals surface area contributed by atoms with E-state index in [1.165, 1.54) is 0 Å². The van der Waals surface area contributed by atoms with Crippen molar-refractivity contribution in [3.63, 3.8) is 0 Å². The van der Waals surface area contributed by atoms with Crippen LogP contribution in [0.25, 0.3) is 12.2 Å². The van der Waals surface area contributed by atoms with E-state index < -0.39 is 6.10 Å². The van der Waals surface area contributed by atoms with E-state index in [0.717, 1.165) is 22.3 Å². The largest absolute Gasteiger partial charge is 0.389 e. The van der Waals surface area contributed by atoms with Gasteiger partial charge in [-0.3, -0.25) is 0 Å². The van der Waals surface area contributed by atoms with E-state index >= 15 is 0 Å². The maximum atomic E-state index is 9.85. The average Bonchev–Trinajstić information content (AvgIpc) is 2.37. The Bertz CT molecular complexity index is 539. The minimum Gasteiger partial charge on any atom is -0.389 e. The van der Waals surface area contributed by atoms with Crippen molar-refractivity contribution < 1.29 is 5.11 Å². The monoisotopic (exact) mass is 238 g/mol. The number of benzene rings is 2. The number of hydrogen-bond acceptors (Lipinski definition) is 1. The van der Waals surface area contributed by atoms with Gasteiger partial charge in [-0.25, -0.2) is 0 Å². The molecular weight excluding hydrogens is 220 g/mol. The third-order valence-corrected chi connectivity index (χ3v) is 3.03. The first-order valence-corrected chi connectivity index (χ1v) is 6.19. The molecule has 0 saturated carbocycles. The number of aryl methyl sites for hydroxylation is 1. The van der Waals surface area contributed by atoms with Gasteiger partial charge in [0.25, 0.3) is 0 Å².